The zero-order chi connectivity index (χ0) is 13.3. The Labute approximate surface area is 115 Å². The topological polar surface area (TPSA) is 35.9 Å². The van der Waals surface area contributed by atoms with Crippen molar-refractivity contribution in [1.29, 1.82) is 0 Å². The van der Waals surface area contributed by atoms with Gasteiger partial charge in [-0.2, -0.15) is 0 Å². The highest BCUT2D eigenvalue weighted by molar-refractivity contribution is 5.14. The molecule has 0 saturated carbocycles. The van der Waals surface area contributed by atoms with E-state index >= 15 is 0 Å². The van der Waals surface area contributed by atoms with Crippen molar-refractivity contribution in [2.75, 3.05) is 52.5 Å². The number of nitrogens with zero attached hydrogens (tertiary/aromatic N) is 2. The van der Waals surface area contributed by atoms with Crippen molar-refractivity contribution in [3.8, 4) is 0 Å². The quantitative estimate of drug-likeness (QED) is 0.791. The minimum absolute atomic E-state index is 0.218. The van der Waals surface area contributed by atoms with Gasteiger partial charge in [0.1, 0.15) is 0 Å². The molecule has 1 aliphatic rings. The Morgan fingerprint density at radius 1 is 1.11 bits per heavy atom. The molecule has 0 amide bonds. The molecule has 0 spiro atoms. The number of aliphatic hydroxyl groups excluding tert-OH is 1. The lowest BCUT2D eigenvalue weighted by Gasteiger charge is -2.29. The van der Waals surface area contributed by atoms with Crippen LogP contribution in [0.25, 0.3) is 0 Å². The van der Waals surface area contributed by atoms with Gasteiger partial charge >= 0.3 is 0 Å². The summed E-state index contributed by atoms with van der Waals surface area (Å²) < 4.78 is 5.35. The summed E-state index contributed by atoms with van der Waals surface area (Å²) in [7, 11) is 0. The van der Waals surface area contributed by atoms with Crippen LogP contribution in [0.4, 0.5) is 0 Å². The summed E-state index contributed by atoms with van der Waals surface area (Å²) in [6.45, 7) is 7.65. The normalized spacial score (nSPS) is 16.9. The summed E-state index contributed by atoms with van der Waals surface area (Å²) >= 11 is 0. The fourth-order valence-corrected chi connectivity index (χ4v) is 2.36. The van der Waals surface area contributed by atoms with Crippen molar-refractivity contribution in [1.82, 2.24) is 9.80 Å². The molecule has 0 unspecified atom stereocenters. The van der Waals surface area contributed by atoms with Gasteiger partial charge in [0, 0.05) is 39.3 Å². The van der Waals surface area contributed by atoms with E-state index in [4.69, 9.17) is 4.74 Å². The van der Waals surface area contributed by atoms with Crippen molar-refractivity contribution >= 4 is 0 Å². The van der Waals surface area contributed by atoms with Gasteiger partial charge in [-0.25, -0.2) is 0 Å². The molecule has 4 nitrogen and oxygen atoms in total. The zero-order valence-electron chi connectivity index (χ0n) is 11.5. The van der Waals surface area contributed by atoms with Crippen LogP contribution in [-0.4, -0.2) is 67.5 Å². The molecule has 0 aromatic heterocycles. The van der Waals surface area contributed by atoms with Crippen LogP contribution in [0, 0.1) is 0 Å². The molecule has 1 heterocycles. The average Bonchev–Trinajstić information content (AvgIpc) is 2.47. The van der Waals surface area contributed by atoms with Gasteiger partial charge in [0.25, 0.3) is 0 Å². The van der Waals surface area contributed by atoms with E-state index in [1.165, 1.54) is 5.56 Å². The van der Waals surface area contributed by atoms with Crippen LogP contribution in [-0.2, 0) is 11.3 Å². The van der Waals surface area contributed by atoms with Crippen molar-refractivity contribution in [3.05, 3.63) is 35.9 Å². The molecule has 1 aliphatic heterocycles. The van der Waals surface area contributed by atoms with Crippen LogP contribution in [0.2, 0.25) is 0 Å². The van der Waals surface area contributed by atoms with Gasteiger partial charge in [0.05, 0.1) is 19.8 Å². The molecule has 1 saturated heterocycles. The van der Waals surface area contributed by atoms with Crippen LogP contribution in [0.15, 0.2) is 30.3 Å². The van der Waals surface area contributed by atoms with Gasteiger partial charge in [0.2, 0.25) is 0 Å². The van der Waals surface area contributed by atoms with Crippen molar-refractivity contribution in [2.45, 2.75) is 6.54 Å². The fourth-order valence-electron chi connectivity index (χ4n) is 2.36. The first kappa shape index (κ1) is 14.5. The van der Waals surface area contributed by atoms with Crippen LogP contribution >= 0.6 is 0 Å². The second-order valence-electron chi connectivity index (χ2n) is 4.94. The van der Waals surface area contributed by atoms with Gasteiger partial charge in [-0.3, -0.25) is 9.80 Å². The number of morpholine rings is 1. The molecule has 0 bridgehead atoms. The molecule has 1 aromatic carbocycles. The van der Waals surface area contributed by atoms with E-state index in [9.17, 15) is 5.11 Å². The standard InChI is InChI=1S/C15H24N2O2/c18-11-8-17(14-15-4-2-1-3-5-15)7-6-16-9-12-19-13-10-16/h1-5,18H,6-14H2. The Hall–Kier alpha value is -0.940. The summed E-state index contributed by atoms with van der Waals surface area (Å²) in [5, 5.41) is 9.18. The third kappa shape index (κ3) is 5.28. The number of rotatable bonds is 7. The van der Waals surface area contributed by atoms with E-state index in [0.717, 1.165) is 52.5 Å². The fraction of sp³-hybridized carbons (Fsp3) is 0.600. The smallest absolute Gasteiger partial charge is 0.0594 e. The first-order valence-corrected chi connectivity index (χ1v) is 7.06. The third-order valence-corrected chi connectivity index (χ3v) is 3.50. The van der Waals surface area contributed by atoms with Crippen molar-refractivity contribution in [2.24, 2.45) is 0 Å². The summed E-state index contributed by atoms with van der Waals surface area (Å²) in [6, 6.07) is 10.4. The average molecular weight is 264 g/mol. The monoisotopic (exact) mass is 264 g/mol. The summed E-state index contributed by atoms with van der Waals surface area (Å²) in [5.74, 6) is 0. The van der Waals surface area contributed by atoms with Crippen LogP contribution in [0.1, 0.15) is 5.56 Å². The summed E-state index contributed by atoms with van der Waals surface area (Å²) in [4.78, 5) is 4.74. The lowest BCUT2D eigenvalue weighted by molar-refractivity contribution is 0.0320. The number of aliphatic hydroxyl groups is 1. The van der Waals surface area contributed by atoms with Crippen LogP contribution < -0.4 is 0 Å². The summed E-state index contributed by atoms with van der Waals surface area (Å²) in [6.07, 6.45) is 0. The maximum absolute atomic E-state index is 9.18. The molecule has 2 rings (SSSR count). The van der Waals surface area contributed by atoms with Crippen molar-refractivity contribution in [3.63, 3.8) is 0 Å². The highest BCUT2D eigenvalue weighted by Gasteiger charge is 2.12. The highest BCUT2D eigenvalue weighted by atomic mass is 16.5. The maximum Gasteiger partial charge on any atom is 0.0594 e. The van der Waals surface area contributed by atoms with Gasteiger partial charge in [0.15, 0.2) is 0 Å². The molecule has 106 valence electrons. The molecule has 0 radical (unpaired) electrons. The second kappa shape index (κ2) is 8.27. The second-order valence-corrected chi connectivity index (χ2v) is 4.94. The minimum atomic E-state index is 0.218. The van der Waals surface area contributed by atoms with Gasteiger partial charge in [-0.05, 0) is 5.56 Å². The summed E-state index contributed by atoms with van der Waals surface area (Å²) in [5.41, 5.74) is 1.30. The SMILES string of the molecule is OCCN(CCN1CCOCC1)Cc1ccccc1. The lowest BCUT2D eigenvalue weighted by atomic mass is 10.2. The number of hydrogen-bond donors (Lipinski definition) is 1. The molecular formula is C15H24N2O2. The Morgan fingerprint density at radius 3 is 2.53 bits per heavy atom. The van der Waals surface area contributed by atoms with Gasteiger partial charge in [-0.15, -0.1) is 0 Å². The third-order valence-electron chi connectivity index (χ3n) is 3.50. The predicted octanol–water partition coefficient (Wildman–Crippen LogP) is 0.813. The maximum atomic E-state index is 9.18. The van der Waals surface area contributed by atoms with E-state index in [0.29, 0.717) is 0 Å². The van der Waals surface area contributed by atoms with E-state index in [-0.39, 0.29) is 6.61 Å². The van der Waals surface area contributed by atoms with E-state index in [1.54, 1.807) is 0 Å². The molecule has 0 aliphatic carbocycles. The Kier molecular flexibility index (Phi) is 6.30. The van der Waals surface area contributed by atoms with Crippen LogP contribution in [0.3, 0.4) is 0 Å². The largest absolute Gasteiger partial charge is 0.395 e. The Morgan fingerprint density at radius 2 is 1.84 bits per heavy atom. The molecule has 1 fully saturated rings. The van der Waals surface area contributed by atoms with Crippen molar-refractivity contribution < 1.29 is 9.84 Å². The number of hydrogen-bond acceptors (Lipinski definition) is 4. The Balaban J connectivity index is 1.78. The number of ether oxygens (including phenoxy) is 1. The van der Waals surface area contributed by atoms with Crippen LogP contribution in [0.5, 0.6) is 0 Å². The van der Waals surface area contributed by atoms with E-state index < -0.39 is 0 Å². The minimum Gasteiger partial charge on any atom is -0.395 e. The molecular weight excluding hydrogens is 240 g/mol. The zero-order valence-corrected chi connectivity index (χ0v) is 11.5. The molecule has 19 heavy (non-hydrogen) atoms. The van der Waals surface area contributed by atoms with E-state index in [2.05, 4.69) is 34.1 Å². The molecule has 4 heteroatoms. The predicted molar refractivity (Wildman–Crippen MR) is 76.1 cm³/mol. The lowest BCUT2D eigenvalue weighted by Crippen LogP contribution is -2.41. The Bertz CT molecular complexity index is 339. The molecule has 0 atom stereocenters. The first-order chi connectivity index (χ1) is 9.38. The number of benzene rings is 1. The van der Waals surface area contributed by atoms with Gasteiger partial charge < -0.3 is 9.84 Å². The van der Waals surface area contributed by atoms with Gasteiger partial charge in [-0.1, -0.05) is 30.3 Å². The first-order valence-electron chi connectivity index (χ1n) is 7.06. The molecule has 1 aromatic rings. The highest BCUT2D eigenvalue weighted by Crippen LogP contribution is 2.05. The van der Waals surface area contributed by atoms with E-state index in [1.807, 2.05) is 6.07 Å². The molecule has 1 N–H and O–H groups in total.